The maximum absolute atomic E-state index is 12.7. The Labute approximate surface area is 130 Å². The van der Waals surface area contributed by atoms with Gasteiger partial charge >= 0.3 is 6.18 Å². The molecule has 0 spiro atoms. The fraction of sp³-hybridized carbons (Fsp3) is 0.0625. The fourth-order valence-corrected chi connectivity index (χ4v) is 1.97. The van der Waals surface area contributed by atoms with Crippen molar-refractivity contribution in [3.8, 4) is 0 Å². The minimum atomic E-state index is -4.53. The number of hydrogen-bond donors (Lipinski definition) is 1. The Bertz CT molecular complexity index is 696. The number of carbonyl (C=O) groups excluding carboxylic acids is 1. The first-order valence-corrected chi connectivity index (χ1v) is 6.65. The van der Waals surface area contributed by atoms with Crippen LogP contribution in [0.2, 0.25) is 5.02 Å². The molecule has 2 nitrogen and oxygen atoms in total. The number of hydrogen-bond acceptors (Lipinski definition) is 1. The Morgan fingerprint density at radius 3 is 2.41 bits per heavy atom. The van der Waals surface area contributed by atoms with Crippen LogP contribution in [0.25, 0.3) is 6.08 Å². The van der Waals surface area contributed by atoms with Gasteiger partial charge < -0.3 is 5.32 Å². The molecule has 0 saturated carbocycles. The predicted molar refractivity (Wildman–Crippen MR) is 80.6 cm³/mol. The second-order valence-corrected chi connectivity index (χ2v) is 4.83. The third-order valence-electron chi connectivity index (χ3n) is 2.76. The van der Waals surface area contributed by atoms with Crippen LogP contribution in [0.5, 0.6) is 0 Å². The average Bonchev–Trinajstić information content (AvgIpc) is 2.46. The molecule has 0 radical (unpaired) electrons. The Morgan fingerprint density at radius 1 is 1.09 bits per heavy atom. The summed E-state index contributed by atoms with van der Waals surface area (Å²) in [5, 5.41) is 2.22. The summed E-state index contributed by atoms with van der Waals surface area (Å²) in [6.07, 6.45) is -2.08. The molecule has 0 fully saturated rings. The third-order valence-corrected chi connectivity index (χ3v) is 3.09. The number of nitrogens with one attached hydrogen (secondary N) is 1. The van der Waals surface area contributed by atoms with Gasteiger partial charge in [-0.1, -0.05) is 35.9 Å². The van der Waals surface area contributed by atoms with Crippen molar-refractivity contribution in [1.82, 2.24) is 0 Å². The summed E-state index contributed by atoms with van der Waals surface area (Å²) >= 11 is 5.53. The molecule has 1 N–H and O–H groups in total. The SMILES string of the molecule is O=C(/C=C/c1ccc(Cl)c(C(F)(F)F)c1)Nc1ccccc1. The summed E-state index contributed by atoms with van der Waals surface area (Å²) in [5.74, 6) is -0.435. The van der Waals surface area contributed by atoms with E-state index in [1.54, 1.807) is 30.3 Å². The summed E-state index contributed by atoms with van der Waals surface area (Å²) in [6.45, 7) is 0. The number of benzene rings is 2. The van der Waals surface area contributed by atoms with E-state index in [0.717, 1.165) is 18.2 Å². The molecule has 0 aliphatic carbocycles. The molecule has 0 heterocycles. The van der Waals surface area contributed by atoms with Crippen LogP contribution in [0.1, 0.15) is 11.1 Å². The number of carbonyl (C=O) groups is 1. The van der Waals surface area contributed by atoms with Crippen LogP contribution in [0, 0.1) is 0 Å². The van der Waals surface area contributed by atoms with Gasteiger partial charge in [-0.3, -0.25) is 4.79 Å². The van der Waals surface area contributed by atoms with Crippen LogP contribution < -0.4 is 5.32 Å². The lowest BCUT2D eigenvalue weighted by Crippen LogP contribution is -2.07. The highest BCUT2D eigenvalue weighted by molar-refractivity contribution is 6.31. The highest BCUT2D eigenvalue weighted by Gasteiger charge is 2.33. The first kappa shape index (κ1) is 16.1. The summed E-state index contributed by atoms with van der Waals surface area (Å²) in [4.78, 5) is 11.7. The molecule has 2 aromatic rings. The first-order chi connectivity index (χ1) is 10.4. The van der Waals surface area contributed by atoms with E-state index in [9.17, 15) is 18.0 Å². The second kappa shape index (κ2) is 6.66. The maximum Gasteiger partial charge on any atom is 0.417 e. The van der Waals surface area contributed by atoms with Gasteiger partial charge in [0.05, 0.1) is 10.6 Å². The number of para-hydroxylation sites is 1. The number of amides is 1. The number of alkyl halides is 3. The molecule has 0 atom stereocenters. The molecule has 2 rings (SSSR count). The molecule has 0 aliphatic rings. The normalized spacial score (nSPS) is 11.6. The van der Waals surface area contributed by atoms with Crippen LogP contribution in [0.15, 0.2) is 54.6 Å². The molecule has 0 saturated heterocycles. The molecular formula is C16H11ClF3NO. The molecule has 0 aromatic heterocycles. The number of halogens is 4. The lowest BCUT2D eigenvalue weighted by molar-refractivity contribution is -0.137. The van der Waals surface area contributed by atoms with Gasteiger partial charge in [-0.2, -0.15) is 13.2 Å². The van der Waals surface area contributed by atoms with Gasteiger partial charge in [0.1, 0.15) is 0 Å². The molecule has 2 aromatic carbocycles. The summed E-state index contributed by atoms with van der Waals surface area (Å²) in [7, 11) is 0. The van der Waals surface area contributed by atoms with Crippen molar-refractivity contribution >= 4 is 29.3 Å². The van der Waals surface area contributed by atoms with Gasteiger partial charge in [0.15, 0.2) is 0 Å². The van der Waals surface area contributed by atoms with Gasteiger partial charge in [-0.15, -0.1) is 0 Å². The van der Waals surface area contributed by atoms with Gasteiger partial charge in [0, 0.05) is 11.8 Å². The maximum atomic E-state index is 12.7. The third kappa shape index (κ3) is 4.36. The Morgan fingerprint density at radius 2 is 1.77 bits per heavy atom. The highest BCUT2D eigenvalue weighted by atomic mass is 35.5. The Kier molecular flexibility index (Phi) is 4.88. The minimum Gasteiger partial charge on any atom is -0.323 e. The van der Waals surface area contributed by atoms with E-state index in [0.29, 0.717) is 5.69 Å². The van der Waals surface area contributed by atoms with Gasteiger partial charge in [0.25, 0.3) is 0 Å². The van der Waals surface area contributed by atoms with E-state index in [-0.39, 0.29) is 10.6 Å². The van der Waals surface area contributed by atoms with Gasteiger partial charge in [-0.25, -0.2) is 0 Å². The van der Waals surface area contributed by atoms with E-state index in [2.05, 4.69) is 5.32 Å². The zero-order valence-corrected chi connectivity index (χ0v) is 11.9. The average molecular weight is 326 g/mol. The zero-order valence-electron chi connectivity index (χ0n) is 11.2. The predicted octanol–water partition coefficient (Wildman–Crippen LogP) is 5.01. The smallest absolute Gasteiger partial charge is 0.323 e. The van der Waals surface area contributed by atoms with Crippen LogP contribution in [0.3, 0.4) is 0 Å². The summed E-state index contributed by atoms with van der Waals surface area (Å²) < 4.78 is 38.2. The number of anilines is 1. The molecular weight excluding hydrogens is 315 g/mol. The van der Waals surface area contributed by atoms with Crippen LogP contribution in [0.4, 0.5) is 18.9 Å². The van der Waals surface area contributed by atoms with Crippen molar-refractivity contribution in [1.29, 1.82) is 0 Å². The summed E-state index contributed by atoms with van der Waals surface area (Å²) in [6, 6.07) is 12.2. The van der Waals surface area contributed by atoms with E-state index in [4.69, 9.17) is 11.6 Å². The van der Waals surface area contributed by atoms with Crippen molar-refractivity contribution in [2.75, 3.05) is 5.32 Å². The van der Waals surface area contributed by atoms with Crippen molar-refractivity contribution in [2.45, 2.75) is 6.18 Å². The largest absolute Gasteiger partial charge is 0.417 e. The molecule has 114 valence electrons. The van der Waals surface area contributed by atoms with Crippen molar-refractivity contribution in [2.24, 2.45) is 0 Å². The van der Waals surface area contributed by atoms with Crippen molar-refractivity contribution in [3.63, 3.8) is 0 Å². The zero-order chi connectivity index (χ0) is 16.2. The molecule has 6 heteroatoms. The second-order valence-electron chi connectivity index (χ2n) is 4.43. The molecule has 0 unspecified atom stereocenters. The molecule has 0 aliphatic heterocycles. The molecule has 0 bridgehead atoms. The summed E-state index contributed by atoms with van der Waals surface area (Å²) in [5.41, 5.74) is -0.0936. The van der Waals surface area contributed by atoms with Gasteiger partial charge in [0.2, 0.25) is 5.91 Å². The lowest BCUT2D eigenvalue weighted by atomic mass is 10.1. The first-order valence-electron chi connectivity index (χ1n) is 6.27. The van der Waals surface area contributed by atoms with Crippen LogP contribution in [-0.2, 0) is 11.0 Å². The lowest BCUT2D eigenvalue weighted by Gasteiger charge is -2.09. The minimum absolute atomic E-state index is 0.236. The Balaban J connectivity index is 2.12. The number of rotatable bonds is 3. The fourth-order valence-electron chi connectivity index (χ4n) is 1.74. The standard InChI is InChI=1S/C16H11ClF3NO/c17-14-8-6-11(10-13(14)16(18,19)20)7-9-15(22)21-12-4-2-1-3-5-12/h1-10H,(H,21,22)/b9-7+. The van der Waals surface area contributed by atoms with Crippen LogP contribution >= 0.6 is 11.6 Å². The monoisotopic (exact) mass is 325 g/mol. The topological polar surface area (TPSA) is 29.1 Å². The highest BCUT2D eigenvalue weighted by Crippen LogP contribution is 2.35. The Hall–Kier alpha value is -2.27. The van der Waals surface area contributed by atoms with E-state index in [1.807, 2.05) is 0 Å². The molecule has 1 amide bonds. The van der Waals surface area contributed by atoms with Gasteiger partial charge in [-0.05, 0) is 35.9 Å². The van der Waals surface area contributed by atoms with Crippen molar-refractivity contribution in [3.05, 3.63) is 70.8 Å². The van der Waals surface area contributed by atoms with Crippen molar-refractivity contribution < 1.29 is 18.0 Å². The van der Waals surface area contributed by atoms with Crippen LogP contribution in [-0.4, -0.2) is 5.91 Å². The quantitative estimate of drug-likeness (QED) is 0.790. The van der Waals surface area contributed by atoms with E-state index >= 15 is 0 Å². The molecule has 22 heavy (non-hydrogen) atoms. The van der Waals surface area contributed by atoms with E-state index < -0.39 is 17.6 Å². The van der Waals surface area contributed by atoms with E-state index in [1.165, 1.54) is 12.1 Å².